The lowest BCUT2D eigenvalue weighted by Crippen LogP contribution is -2.30. The lowest BCUT2D eigenvalue weighted by molar-refractivity contribution is -0.121. The number of benzene rings is 2. The van der Waals surface area contributed by atoms with Gasteiger partial charge in [-0.1, -0.05) is 56.3 Å². The number of nitrogens with one attached hydrogen (secondary N) is 1. The first-order chi connectivity index (χ1) is 13.3. The van der Waals surface area contributed by atoms with Gasteiger partial charge in [-0.2, -0.15) is 5.10 Å². The second-order valence-electron chi connectivity index (χ2n) is 7.73. The number of hydrogen-bond acceptors (Lipinski definition) is 3. The van der Waals surface area contributed by atoms with Crippen LogP contribution in [-0.2, 0) is 24.7 Å². The quantitative estimate of drug-likeness (QED) is 0.714. The Morgan fingerprint density at radius 1 is 1.04 bits per heavy atom. The summed E-state index contributed by atoms with van der Waals surface area (Å²) in [6.07, 6.45) is 1.18. The number of rotatable bonds is 6. The van der Waals surface area contributed by atoms with Crippen molar-refractivity contribution in [1.82, 2.24) is 15.1 Å². The summed E-state index contributed by atoms with van der Waals surface area (Å²) in [6.45, 7) is 6.38. The maximum atomic E-state index is 12.6. The Bertz CT molecular complexity index is 1040. The van der Waals surface area contributed by atoms with Crippen LogP contribution in [0.3, 0.4) is 0 Å². The average molecular weight is 377 g/mol. The van der Waals surface area contributed by atoms with E-state index in [0.29, 0.717) is 17.0 Å². The van der Waals surface area contributed by atoms with Gasteiger partial charge >= 0.3 is 0 Å². The molecule has 5 nitrogen and oxygen atoms in total. The number of carbonyl (C=O) groups excluding carboxylic acids is 1. The molecular formula is C23H27N3O2. The fraction of sp³-hybridized carbons (Fsp3) is 0.348. The number of fused-ring (bicyclic) bond motifs is 1. The molecule has 0 spiro atoms. The smallest absolute Gasteiger partial charge is 0.274 e. The third kappa shape index (κ3) is 4.47. The van der Waals surface area contributed by atoms with Crippen LogP contribution < -0.4 is 10.9 Å². The molecule has 2 aromatic carbocycles. The van der Waals surface area contributed by atoms with Crippen molar-refractivity contribution in [2.45, 2.75) is 39.7 Å². The molecule has 0 saturated heterocycles. The van der Waals surface area contributed by atoms with Crippen molar-refractivity contribution in [1.29, 1.82) is 0 Å². The predicted octanol–water partition coefficient (Wildman–Crippen LogP) is 3.55. The van der Waals surface area contributed by atoms with Gasteiger partial charge in [-0.05, 0) is 36.5 Å². The molecule has 0 aliphatic rings. The number of hydrogen-bond donors (Lipinski definition) is 1. The predicted molar refractivity (Wildman–Crippen MR) is 112 cm³/mol. The molecule has 0 radical (unpaired) electrons. The van der Waals surface area contributed by atoms with Gasteiger partial charge in [-0.3, -0.25) is 9.59 Å². The summed E-state index contributed by atoms with van der Waals surface area (Å²) in [5.74, 6) is 0.502. The topological polar surface area (TPSA) is 64.0 Å². The lowest BCUT2D eigenvalue weighted by Gasteiger charge is -2.16. The van der Waals surface area contributed by atoms with Crippen LogP contribution in [0.5, 0.6) is 0 Å². The van der Waals surface area contributed by atoms with Crippen LogP contribution in [0, 0.1) is 5.92 Å². The second kappa shape index (κ2) is 8.38. The Morgan fingerprint density at radius 2 is 1.68 bits per heavy atom. The van der Waals surface area contributed by atoms with Gasteiger partial charge in [0.2, 0.25) is 5.91 Å². The second-order valence-corrected chi connectivity index (χ2v) is 7.73. The van der Waals surface area contributed by atoms with E-state index in [1.807, 2.05) is 25.1 Å². The molecule has 3 rings (SSSR count). The minimum atomic E-state index is -0.158. The molecule has 1 heterocycles. The lowest BCUT2D eigenvalue weighted by atomic mass is 10.00. The van der Waals surface area contributed by atoms with Crippen molar-refractivity contribution in [3.05, 3.63) is 75.7 Å². The Labute approximate surface area is 165 Å². The van der Waals surface area contributed by atoms with E-state index in [2.05, 4.69) is 48.5 Å². The molecule has 1 amide bonds. The van der Waals surface area contributed by atoms with Gasteiger partial charge in [0.1, 0.15) is 0 Å². The number of nitrogens with zero attached hydrogens (tertiary/aromatic N) is 2. The van der Waals surface area contributed by atoms with E-state index in [4.69, 9.17) is 0 Å². The first-order valence-corrected chi connectivity index (χ1v) is 9.68. The standard InChI is InChI=1S/C23H27N3O2/c1-15(2)13-17-9-11-18(12-10-17)16(3)24-22(27)14-21-19-7-5-6-8-20(19)23(28)26(4)25-21/h5-12,15-16H,13-14H2,1-4H3,(H,24,27)/t16-/m0/s1. The largest absolute Gasteiger partial charge is 0.349 e. The Hall–Kier alpha value is -2.95. The molecular weight excluding hydrogens is 350 g/mol. The van der Waals surface area contributed by atoms with Crippen molar-refractivity contribution in [3.63, 3.8) is 0 Å². The summed E-state index contributed by atoms with van der Waals surface area (Å²) in [4.78, 5) is 24.8. The van der Waals surface area contributed by atoms with E-state index in [1.54, 1.807) is 13.1 Å². The number of carbonyl (C=O) groups is 1. The molecule has 0 aliphatic carbocycles. The molecule has 0 aliphatic heterocycles. The Morgan fingerprint density at radius 3 is 2.32 bits per heavy atom. The van der Waals surface area contributed by atoms with Crippen LogP contribution in [0.15, 0.2) is 53.3 Å². The minimum absolute atomic E-state index is 0.0978. The highest BCUT2D eigenvalue weighted by molar-refractivity contribution is 5.88. The van der Waals surface area contributed by atoms with Crippen molar-refractivity contribution in [3.8, 4) is 0 Å². The minimum Gasteiger partial charge on any atom is -0.349 e. The number of amides is 1. The summed E-state index contributed by atoms with van der Waals surface area (Å²) in [5, 5.41) is 8.65. The SMILES string of the molecule is CC(C)Cc1ccc([C@H](C)NC(=O)Cc2nn(C)c(=O)c3ccccc23)cc1. The van der Waals surface area contributed by atoms with Gasteiger partial charge in [-0.25, -0.2) is 4.68 Å². The summed E-state index contributed by atoms with van der Waals surface area (Å²) in [5.41, 5.74) is 2.82. The van der Waals surface area contributed by atoms with E-state index >= 15 is 0 Å². The molecule has 1 atom stereocenters. The molecule has 0 saturated carbocycles. The van der Waals surface area contributed by atoms with Crippen molar-refractivity contribution in [2.24, 2.45) is 13.0 Å². The number of aryl methyl sites for hydroxylation is 1. The van der Waals surface area contributed by atoms with Crippen molar-refractivity contribution in [2.75, 3.05) is 0 Å². The monoisotopic (exact) mass is 377 g/mol. The average Bonchev–Trinajstić information content (AvgIpc) is 2.66. The highest BCUT2D eigenvalue weighted by atomic mass is 16.1. The maximum Gasteiger partial charge on any atom is 0.274 e. The highest BCUT2D eigenvalue weighted by Gasteiger charge is 2.15. The van der Waals surface area contributed by atoms with Gasteiger partial charge in [0, 0.05) is 12.4 Å². The normalized spacial score (nSPS) is 12.3. The van der Waals surface area contributed by atoms with Gasteiger partial charge in [0.05, 0.1) is 23.5 Å². The van der Waals surface area contributed by atoms with Crippen LogP contribution >= 0.6 is 0 Å². The molecule has 1 N–H and O–H groups in total. The van der Waals surface area contributed by atoms with E-state index in [1.165, 1.54) is 10.2 Å². The maximum absolute atomic E-state index is 12.6. The van der Waals surface area contributed by atoms with E-state index < -0.39 is 0 Å². The van der Waals surface area contributed by atoms with Gasteiger partial charge in [-0.15, -0.1) is 0 Å². The van der Waals surface area contributed by atoms with Gasteiger partial charge in [0.15, 0.2) is 0 Å². The first kappa shape index (κ1) is 19.8. The van der Waals surface area contributed by atoms with Crippen LogP contribution in [0.25, 0.3) is 10.8 Å². The summed E-state index contributed by atoms with van der Waals surface area (Å²) in [7, 11) is 1.61. The Kier molecular flexibility index (Phi) is 5.93. The van der Waals surface area contributed by atoms with Gasteiger partial charge < -0.3 is 5.32 Å². The first-order valence-electron chi connectivity index (χ1n) is 9.68. The highest BCUT2D eigenvalue weighted by Crippen LogP contribution is 2.17. The van der Waals surface area contributed by atoms with E-state index in [9.17, 15) is 9.59 Å². The molecule has 0 bridgehead atoms. The molecule has 146 valence electrons. The third-order valence-electron chi connectivity index (χ3n) is 4.86. The summed E-state index contributed by atoms with van der Waals surface area (Å²) < 4.78 is 1.29. The zero-order chi connectivity index (χ0) is 20.3. The third-order valence-corrected chi connectivity index (χ3v) is 4.86. The molecule has 0 fully saturated rings. The molecule has 3 aromatic rings. The zero-order valence-corrected chi connectivity index (χ0v) is 16.9. The van der Waals surface area contributed by atoms with E-state index in [0.717, 1.165) is 17.4 Å². The fourth-order valence-corrected chi connectivity index (χ4v) is 3.45. The van der Waals surface area contributed by atoms with Crippen molar-refractivity contribution < 1.29 is 4.79 Å². The molecule has 0 unspecified atom stereocenters. The van der Waals surface area contributed by atoms with Crippen LogP contribution in [0.4, 0.5) is 0 Å². The van der Waals surface area contributed by atoms with Crippen LogP contribution in [0.1, 0.15) is 43.6 Å². The van der Waals surface area contributed by atoms with Gasteiger partial charge in [0.25, 0.3) is 5.56 Å². The van der Waals surface area contributed by atoms with Crippen molar-refractivity contribution >= 4 is 16.7 Å². The summed E-state index contributed by atoms with van der Waals surface area (Å²) >= 11 is 0. The molecule has 5 heteroatoms. The number of aromatic nitrogens is 2. The summed E-state index contributed by atoms with van der Waals surface area (Å²) in [6, 6.07) is 15.6. The molecule has 28 heavy (non-hydrogen) atoms. The zero-order valence-electron chi connectivity index (χ0n) is 16.9. The fourth-order valence-electron chi connectivity index (χ4n) is 3.45. The van der Waals surface area contributed by atoms with E-state index in [-0.39, 0.29) is 23.9 Å². The van der Waals surface area contributed by atoms with Crippen LogP contribution in [0.2, 0.25) is 0 Å². The molecule has 1 aromatic heterocycles. The van der Waals surface area contributed by atoms with Crippen LogP contribution in [-0.4, -0.2) is 15.7 Å². The Balaban J connectivity index is 1.73.